The maximum Gasteiger partial charge on any atom is 0.410 e. The van der Waals surface area contributed by atoms with Crippen LogP contribution in [0.5, 0.6) is 11.5 Å². The molecule has 39 heavy (non-hydrogen) atoms. The zero-order valence-electron chi connectivity index (χ0n) is 21.0. The van der Waals surface area contributed by atoms with Gasteiger partial charge >= 0.3 is 12.7 Å². The molecule has 1 heterocycles. The van der Waals surface area contributed by atoms with E-state index in [1.807, 2.05) is 0 Å². The molecule has 0 aliphatic heterocycles. The molecule has 0 unspecified atom stereocenters. The number of carbonyl (C=O) groups excluding carboxylic acids is 1. The molecule has 1 saturated carbocycles. The van der Waals surface area contributed by atoms with Crippen LogP contribution in [0.25, 0.3) is 0 Å². The summed E-state index contributed by atoms with van der Waals surface area (Å²) in [5, 5.41) is 10.0. The Labute approximate surface area is 234 Å². The minimum atomic E-state index is -3.04. The van der Waals surface area contributed by atoms with Gasteiger partial charge in [0.2, 0.25) is 12.4 Å². The molecule has 4 rings (SSSR count). The van der Waals surface area contributed by atoms with Crippen molar-refractivity contribution in [3.05, 3.63) is 81.6 Å². The van der Waals surface area contributed by atoms with Crippen LogP contribution in [0, 0.1) is 5.92 Å². The first-order valence-corrected chi connectivity index (χ1v) is 12.9. The maximum absolute atomic E-state index is 13.1. The molecule has 1 fully saturated rings. The first-order chi connectivity index (χ1) is 18.6. The Morgan fingerprint density at radius 1 is 1.13 bits per heavy atom. The van der Waals surface area contributed by atoms with Crippen molar-refractivity contribution in [1.29, 1.82) is 0 Å². The van der Waals surface area contributed by atoms with E-state index in [4.69, 9.17) is 38.4 Å². The Bertz CT molecular complexity index is 1290. The highest BCUT2D eigenvalue weighted by Gasteiger charge is 2.27. The molecule has 2 aromatic carbocycles. The maximum atomic E-state index is 13.1. The number of anilines is 1. The molecule has 3 N–H and O–H groups in total. The summed E-state index contributed by atoms with van der Waals surface area (Å²) < 4.78 is 43.1. The van der Waals surface area contributed by atoms with Gasteiger partial charge in [0.25, 0.3) is 0 Å². The molecule has 3 aromatic rings. The van der Waals surface area contributed by atoms with Crippen molar-refractivity contribution < 1.29 is 37.7 Å². The van der Waals surface area contributed by atoms with Crippen LogP contribution in [0.4, 0.5) is 19.3 Å². The summed E-state index contributed by atoms with van der Waals surface area (Å²) in [7, 11) is 1.58. The second-order valence-electron chi connectivity index (χ2n) is 9.33. The summed E-state index contributed by atoms with van der Waals surface area (Å²) >= 11 is 12.7. The van der Waals surface area contributed by atoms with Gasteiger partial charge in [-0.2, -0.15) is 8.78 Å². The lowest BCUT2D eigenvalue weighted by molar-refractivity contribution is -0.904. The fraction of sp³-hybridized carbons (Fsp3) is 0.333. The number of nitrogen functional groups attached to an aromatic ring is 1. The molecule has 0 saturated heterocycles. The van der Waals surface area contributed by atoms with Crippen LogP contribution in [0.1, 0.15) is 35.6 Å². The molecule has 1 atom stereocenters. The molecule has 8 nitrogen and oxygen atoms in total. The molecule has 12 heteroatoms. The average Bonchev–Trinajstić information content (AvgIpc) is 3.70. The summed E-state index contributed by atoms with van der Waals surface area (Å²) in [5.74, 6) is 0.335. The van der Waals surface area contributed by atoms with E-state index in [1.165, 1.54) is 35.5 Å². The Balaban J connectivity index is 1.62. The Morgan fingerprint density at radius 3 is 2.41 bits per heavy atom. The summed E-state index contributed by atoms with van der Waals surface area (Å²) in [6.07, 6.45) is 2.93. The summed E-state index contributed by atoms with van der Waals surface area (Å²) in [6, 6.07) is 11.4. The van der Waals surface area contributed by atoms with Crippen molar-refractivity contribution in [1.82, 2.24) is 4.90 Å². The van der Waals surface area contributed by atoms with E-state index in [9.17, 15) is 18.8 Å². The van der Waals surface area contributed by atoms with Crippen LogP contribution in [-0.4, -0.2) is 36.5 Å². The number of hydrogen-bond donors (Lipinski definition) is 2. The molecular weight excluding hydrogens is 555 g/mol. The molecule has 1 aliphatic rings. The first kappa shape index (κ1) is 28.5. The van der Waals surface area contributed by atoms with Gasteiger partial charge in [-0.15, -0.1) is 0 Å². The third-order valence-electron chi connectivity index (χ3n) is 6.14. The van der Waals surface area contributed by atoms with Gasteiger partial charge in [-0.05, 0) is 54.2 Å². The van der Waals surface area contributed by atoms with Gasteiger partial charge in [-0.3, -0.25) is 5.21 Å². The number of aromatic nitrogens is 1. The highest BCUT2D eigenvalue weighted by Crippen LogP contribution is 2.38. The van der Waals surface area contributed by atoms with E-state index in [2.05, 4.69) is 4.74 Å². The van der Waals surface area contributed by atoms with Crippen LogP contribution in [0.3, 0.4) is 0 Å². The number of nitrogens with zero attached hydrogens (tertiary/aromatic N) is 2. The van der Waals surface area contributed by atoms with Crippen molar-refractivity contribution in [3.63, 3.8) is 0 Å². The number of rotatable bonds is 11. The quantitative estimate of drug-likeness (QED) is 0.162. The van der Waals surface area contributed by atoms with Crippen LogP contribution < -0.4 is 19.9 Å². The van der Waals surface area contributed by atoms with Gasteiger partial charge in [0, 0.05) is 36.0 Å². The molecule has 208 valence electrons. The number of hydrogen-bond acceptors (Lipinski definition) is 6. The number of alkyl halides is 2. The van der Waals surface area contributed by atoms with Crippen LogP contribution >= 0.6 is 23.2 Å². The van der Waals surface area contributed by atoms with Crippen molar-refractivity contribution in [3.8, 4) is 11.5 Å². The number of carbonyl (C=O) groups is 1. The van der Waals surface area contributed by atoms with Gasteiger partial charge in [0.05, 0.1) is 6.61 Å². The predicted molar refractivity (Wildman–Crippen MR) is 140 cm³/mol. The molecule has 1 amide bonds. The van der Waals surface area contributed by atoms with E-state index >= 15 is 0 Å². The number of nitrogens with two attached hydrogens (primary N) is 1. The smallest absolute Gasteiger partial charge is 0.410 e. The number of pyridine rings is 1. The first-order valence-electron chi connectivity index (χ1n) is 12.1. The van der Waals surface area contributed by atoms with E-state index in [1.54, 1.807) is 31.3 Å². The van der Waals surface area contributed by atoms with Crippen LogP contribution in [-0.2, 0) is 17.7 Å². The van der Waals surface area contributed by atoms with Gasteiger partial charge < -0.3 is 24.8 Å². The minimum absolute atomic E-state index is 0.0249. The van der Waals surface area contributed by atoms with E-state index in [0.717, 1.165) is 23.1 Å². The van der Waals surface area contributed by atoms with Gasteiger partial charge in [-0.25, -0.2) is 4.79 Å². The highest BCUT2D eigenvalue weighted by atomic mass is 35.5. The fourth-order valence-corrected chi connectivity index (χ4v) is 4.45. The second-order valence-corrected chi connectivity index (χ2v) is 10.1. The zero-order chi connectivity index (χ0) is 28.1. The fourth-order valence-electron chi connectivity index (χ4n) is 3.84. The molecule has 0 radical (unpaired) electrons. The van der Waals surface area contributed by atoms with Gasteiger partial charge in [0.15, 0.2) is 11.5 Å². The Morgan fingerprint density at radius 2 is 1.79 bits per heavy atom. The minimum Gasteiger partial charge on any atom is -0.489 e. The largest absolute Gasteiger partial charge is 0.489 e. The SMILES string of the molecule is CN(Cc1ccc(N)cc1)C(=O)O[C@@H](Cc1c(Cl)c[n+](O)cc1Cl)c1ccc(OC(F)F)c(OCC2CC2)c1. The Kier molecular flexibility index (Phi) is 9.19. The lowest BCUT2D eigenvalue weighted by Gasteiger charge is -2.24. The lowest BCUT2D eigenvalue weighted by Crippen LogP contribution is -2.30. The number of benzene rings is 2. The van der Waals surface area contributed by atoms with Crippen molar-refractivity contribution in [2.45, 2.75) is 38.5 Å². The van der Waals surface area contributed by atoms with E-state index in [-0.39, 0.29) is 34.5 Å². The topological polar surface area (TPSA) is 98.1 Å². The van der Waals surface area contributed by atoms with E-state index in [0.29, 0.717) is 29.3 Å². The zero-order valence-corrected chi connectivity index (χ0v) is 22.5. The summed E-state index contributed by atoms with van der Waals surface area (Å²) in [4.78, 5) is 14.5. The normalized spacial score (nSPS) is 13.7. The third kappa shape index (κ3) is 8.00. The van der Waals surface area contributed by atoms with Crippen LogP contribution in [0.2, 0.25) is 10.0 Å². The van der Waals surface area contributed by atoms with Crippen molar-refractivity contribution in [2.75, 3.05) is 19.4 Å². The van der Waals surface area contributed by atoms with Gasteiger partial charge in [-0.1, -0.05) is 41.4 Å². The molecule has 1 aromatic heterocycles. The monoisotopic (exact) mass is 582 g/mol. The van der Waals surface area contributed by atoms with Crippen LogP contribution in [0.15, 0.2) is 54.9 Å². The molecule has 0 spiro atoms. The van der Waals surface area contributed by atoms with Crippen molar-refractivity contribution >= 4 is 35.0 Å². The highest BCUT2D eigenvalue weighted by molar-refractivity contribution is 6.35. The van der Waals surface area contributed by atoms with Gasteiger partial charge in [0.1, 0.15) is 16.1 Å². The van der Waals surface area contributed by atoms with Crippen molar-refractivity contribution in [2.24, 2.45) is 5.92 Å². The average molecular weight is 583 g/mol. The standard InChI is InChI=1S/C27H28Cl2F2N3O5/c1-33(12-16-4-7-19(32)8-5-16)27(35)39-24(11-20-21(28)13-34(36)14-22(20)29)18-6-9-23(38-26(30)31)25(10-18)37-15-17-2-3-17/h4-10,13-14,17,24,26,36H,2-3,11-12,15,32H2,1H3/q+1/t24-/m0/s1. The third-order valence-corrected chi connectivity index (χ3v) is 6.79. The predicted octanol–water partition coefficient (Wildman–Crippen LogP) is 6.04. The summed E-state index contributed by atoms with van der Waals surface area (Å²) in [6.45, 7) is -2.44. The Hall–Kier alpha value is -3.50. The number of amides is 1. The number of ether oxygens (including phenoxy) is 3. The number of halogens is 4. The van der Waals surface area contributed by atoms with E-state index < -0.39 is 18.8 Å². The molecule has 0 bridgehead atoms. The second kappa shape index (κ2) is 12.6. The molecular formula is C27H28Cl2F2N3O5+. The lowest BCUT2D eigenvalue weighted by atomic mass is 10.0. The molecule has 1 aliphatic carbocycles. The summed E-state index contributed by atoms with van der Waals surface area (Å²) in [5.41, 5.74) is 8.04.